The minimum absolute atomic E-state index is 0.156. The van der Waals surface area contributed by atoms with Crippen molar-refractivity contribution in [3.8, 4) is 6.07 Å². The number of nitriles is 1. The first-order valence-corrected chi connectivity index (χ1v) is 7.40. The molecule has 1 aromatic rings. The van der Waals surface area contributed by atoms with Crippen molar-refractivity contribution in [3.05, 3.63) is 35.4 Å². The lowest BCUT2D eigenvalue weighted by atomic mass is 10.0. The van der Waals surface area contributed by atoms with Crippen LogP contribution in [0.25, 0.3) is 0 Å². The maximum Gasteiger partial charge on any atom is 0.329 e. The number of carbonyl (C=O) groups excluding carboxylic acids is 4. The molecule has 0 saturated carbocycles. The second kappa shape index (κ2) is 7.05. The molecule has 0 radical (unpaired) electrons. The number of benzene rings is 1. The topological polar surface area (TPSA) is 128 Å². The van der Waals surface area contributed by atoms with Crippen molar-refractivity contribution >= 4 is 29.3 Å². The number of esters is 1. The predicted molar refractivity (Wildman–Crippen MR) is 84.9 cm³/mol. The maximum atomic E-state index is 12.3. The molecule has 1 aromatic carbocycles. The van der Waals surface area contributed by atoms with Crippen LogP contribution in [0.2, 0.25) is 0 Å². The minimum atomic E-state index is -1.29. The first kappa shape index (κ1) is 18.0. The van der Waals surface area contributed by atoms with Crippen molar-refractivity contribution in [2.45, 2.75) is 19.9 Å². The number of Topliss-reactive ketones (excluding diaryl/α,β-unsaturated/α-hetero) is 1. The summed E-state index contributed by atoms with van der Waals surface area (Å²) in [4.78, 5) is 49.3. The molecule has 0 unspecified atom stereocenters. The van der Waals surface area contributed by atoms with Crippen LogP contribution in [-0.2, 0) is 14.3 Å². The van der Waals surface area contributed by atoms with Crippen LogP contribution < -0.4 is 0 Å². The van der Waals surface area contributed by atoms with E-state index < -0.39 is 42.1 Å². The molecule has 2 amide bonds. The number of imide groups is 1. The summed E-state index contributed by atoms with van der Waals surface area (Å²) in [6, 6.07) is 6.62. The lowest BCUT2D eigenvalue weighted by Gasteiger charge is -2.20. The normalized spacial score (nSPS) is 15.2. The van der Waals surface area contributed by atoms with Gasteiger partial charge in [0.1, 0.15) is 12.0 Å². The van der Waals surface area contributed by atoms with Crippen LogP contribution in [0.1, 0.15) is 34.6 Å². The lowest BCUT2D eigenvalue weighted by Crippen LogP contribution is -2.44. The van der Waals surface area contributed by atoms with E-state index in [1.165, 1.54) is 26.0 Å². The van der Waals surface area contributed by atoms with E-state index in [1.807, 2.05) is 0 Å². The van der Waals surface area contributed by atoms with Crippen molar-refractivity contribution in [2.24, 2.45) is 5.92 Å². The second-order valence-electron chi connectivity index (χ2n) is 5.52. The first-order valence-electron chi connectivity index (χ1n) is 7.40. The molecule has 2 atom stereocenters. The zero-order chi connectivity index (χ0) is 18.7. The van der Waals surface area contributed by atoms with Crippen LogP contribution in [0.15, 0.2) is 24.3 Å². The van der Waals surface area contributed by atoms with E-state index in [4.69, 9.17) is 15.4 Å². The van der Waals surface area contributed by atoms with Gasteiger partial charge in [-0.1, -0.05) is 12.1 Å². The van der Waals surface area contributed by atoms with Gasteiger partial charge in [-0.25, -0.2) is 4.79 Å². The molecule has 0 saturated heterocycles. The van der Waals surface area contributed by atoms with Crippen molar-refractivity contribution in [2.75, 3.05) is 6.61 Å². The smallest absolute Gasteiger partial charge is 0.329 e. The van der Waals surface area contributed by atoms with Gasteiger partial charge in [0.25, 0.3) is 11.8 Å². The van der Waals surface area contributed by atoms with E-state index in [0.717, 1.165) is 4.90 Å². The Balaban J connectivity index is 2.06. The van der Waals surface area contributed by atoms with Crippen molar-refractivity contribution < 1.29 is 23.9 Å². The average molecular weight is 341 g/mol. The summed E-state index contributed by atoms with van der Waals surface area (Å²) < 4.78 is 4.82. The number of nitrogens with one attached hydrogen (secondary N) is 1. The predicted octanol–water partition coefficient (Wildman–Crippen LogP) is 0.963. The van der Waals surface area contributed by atoms with Gasteiger partial charge in [-0.3, -0.25) is 19.3 Å². The number of nitrogens with zero attached hydrogens (tertiary/aromatic N) is 2. The summed E-state index contributed by atoms with van der Waals surface area (Å²) in [5.74, 6) is -4.19. The molecule has 1 heterocycles. The Morgan fingerprint density at radius 3 is 2.20 bits per heavy atom. The van der Waals surface area contributed by atoms with Crippen LogP contribution in [0, 0.1) is 22.7 Å². The third kappa shape index (κ3) is 3.30. The van der Waals surface area contributed by atoms with Crippen LogP contribution in [0.5, 0.6) is 0 Å². The number of hydrogen-bond acceptors (Lipinski definition) is 7. The van der Waals surface area contributed by atoms with Crippen molar-refractivity contribution in [1.29, 1.82) is 10.7 Å². The lowest BCUT2D eigenvalue weighted by molar-refractivity contribution is -0.151. The molecule has 0 spiro atoms. The maximum absolute atomic E-state index is 12.3. The van der Waals surface area contributed by atoms with E-state index in [2.05, 4.69) is 0 Å². The molecule has 8 nitrogen and oxygen atoms in total. The molecule has 1 N–H and O–H groups in total. The molecular formula is C17H15N3O5. The van der Waals surface area contributed by atoms with E-state index >= 15 is 0 Å². The number of hydrogen-bond donors (Lipinski definition) is 1. The van der Waals surface area contributed by atoms with Gasteiger partial charge in [0.2, 0.25) is 0 Å². The molecule has 128 valence electrons. The Labute approximate surface area is 143 Å². The molecule has 8 heteroatoms. The van der Waals surface area contributed by atoms with Gasteiger partial charge < -0.3 is 10.1 Å². The van der Waals surface area contributed by atoms with Gasteiger partial charge >= 0.3 is 5.97 Å². The first-order chi connectivity index (χ1) is 11.8. The molecule has 0 aliphatic carbocycles. The Kier molecular flexibility index (Phi) is 5.08. The number of rotatable bonds is 6. The van der Waals surface area contributed by atoms with Gasteiger partial charge in [-0.2, -0.15) is 5.26 Å². The Bertz CT molecular complexity index is 789. The van der Waals surface area contributed by atoms with Crippen LogP contribution in [-0.4, -0.2) is 46.8 Å². The molecule has 1 aliphatic rings. The summed E-state index contributed by atoms with van der Waals surface area (Å²) >= 11 is 0. The monoisotopic (exact) mass is 341 g/mol. The van der Waals surface area contributed by atoms with E-state index in [0.29, 0.717) is 0 Å². The largest absolute Gasteiger partial charge is 0.456 e. The number of amides is 2. The number of carbonyl (C=O) groups is 4. The standard InChI is InChI=1S/C17H15N3O5/c1-9(19)13(7-18)14(21)8-25-17(24)10(2)20-15(22)11-5-3-4-6-12(11)16(20)23/h3-6,10,13,19H,8H2,1-2H3/t10-,13+/m0/s1. The van der Waals surface area contributed by atoms with Gasteiger partial charge in [0.05, 0.1) is 17.2 Å². The highest BCUT2D eigenvalue weighted by atomic mass is 16.5. The zero-order valence-corrected chi connectivity index (χ0v) is 13.6. The zero-order valence-electron chi connectivity index (χ0n) is 13.6. The third-order valence-electron chi connectivity index (χ3n) is 3.79. The fourth-order valence-corrected chi connectivity index (χ4v) is 2.42. The van der Waals surface area contributed by atoms with Gasteiger partial charge in [-0.15, -0.1) is 0 Å². The summed E-state index contributed by atoms with van der Waals surface area (Å²) in [5, 5.41) is 16.2. The van der Waals surface area contributed by atoms with Gasteiger partial charge in [0, 0.05) is 5.71 Å². The van der Waals surface area contributed by atoms with Crippen LogP contribution >= 0.6 is 0 Å². The van der Waals surface area contributed by atoms with E-state index in [1.54, 1.807) is 18.2 Å². The Morgan fingerprint density at radius 1 is 1.24 bits per heavy atom. The fourth-order valence-electron chi connectivity index (χ4n) is 2.42. The Morgan fingerprint density at radius 2 is 1.76 bits per heavy atom. The third-order valence-corrected chi connectivity index (χ3v) is 3.79. The number of ether oxygens (including phenoxy) is 1. The summed E-state index contributed by atoms with van der Waals surface area (Å²) in [5.41, 5.74) is 0.247. The Hall–Kier alpha value is -3.34. The molecule has 2 rings (SSSR count). The number of fused-ring (bicyclic) bond motifs is 1. The highest BCUT2D eigenvalue weighted by Crippen LogP contribution is 2.24. The van der Waals surface area contributed by atoms with E-state index in [-0.39, 0.29) is 16.8 Å². The SMILES string of the molecule is CC(=N)[C@@H](C#N)C(=O)COC(=O)[C@H](C)N1C(=O)c2ccccc2C1=O. The number of ketones is 1. The minimum Gasteiger partial charge on any atom is -0.456 e. The highest BCUT2D eigenvalue weighted by molar-refractivity contribution is 6.22. The van der Waals surface area contributed by atoms with Gasteiger partial charge in [-0.05, 0) is 26.0 Å². The molecule has 1 aliphatic heterocycles. The molecule has 0 bridgehead atoms. The summed E-state index contributed by atoms with van der Waals surface area (Å²) in [6.45, 7) is 1.91. The molecule has 0 aromatic heterocycles. The molecular weight excluding hydrogens is 326 g/mol. The van der Waals surface area contributed by atoms with Crippen molar-refractivity contribution in [3.63, 3.8) is 0 Å². The van der Waals surface area contributed by atoms with Crippen LogP contribution in [0.4, 0.5) is 0 Å². The van der Waals surface area contributed by atoms with E-state index in [9.17, 15) is 19.2 Å². The van der Waals surface area contributed by atoms with Gasteiger partial charge in [0.15, 0.2) is 12.4 Å². The molecule has 25 heavy (non-hydrogen) atoms. The van der Waals surface area contributed by atoms with Crippen molar-refractivity contribution in [1.82, 2.24) is 4.90 Å². The average Bonchev–Trinajstić information content (AvgIpc) is 2.84. The fraction of sp³-hybridized carbons (Fsp3) is 0.294. The second-order valence-corrected chi connectivity index (χ2v) is 5.52. The summed E-state index contributed by atoms with van der Waals surface area (Å²) in [7, 11) is 0. The van der Waals surface area contributed by atoms with Crippen LogP contribution in [0.3, 0.4) is 0 Å². The molecule has 0 fully saturated rings. The summed E-state index contributed by atoms with van der Waals surface area (Å²) in [6.07, 6.45) is 0. The highest BCUT2D eigenvalue weighted by Gasteiger charge is 2.41. The quantitative estimate of drug-likeness (QED) is 0.466.